The molecule has 0 spiro atoms. The van der Waals surface area contributed by atoms with E-state index in [0.29, 0.717) is 0 Å². The molecule has 0 unspecified atom stereocenters. The molecule has 0 fully saturated rings. The summed E-state index contributed by atoms with van der Waals surface area (Å²) in [6.07, 6.45) is 0. The van der Waals surface area contributed by atoms with Crippen molar-refractivity contribution in [2.24, 2.45) is 0 Å². The number of nitrogens with zero attached hydrogens (tertiary/aromatic N) is 3. The average molecular weight is 367 g/mol. The van der Waals surface area contributed by atoms with Crippen LogP contribution < -0.4 is 19.7 Å². The van der Waals surface area contributed by atoms with E-state index in [-0.39, 0.29) is 5.56 Å². The molecular formula is C18H13N3O2S2. The third kappa shape index (κ3) is 2.03. The summed E-state index contributed by atoms with van der Waals surface area (Å²) in [4.78, 5) is 21.6. The highest BCUT2D eigenvalue weighted by atomic mass is 32.2. The zero-order valence-corrected chi connectivity index (χ0v) is 15.1. The van der Waals surface area contributed by atoms with Crippen LogP contribution in [-0.4, -0.2) is 23.5 Å². The van der Waals surface area contributed by atoms with Gasteiger partial charge in [-0.25, -0.2) is 9.38 Å². The van der Waals surface area contributed by atoms with Crippen molar-refractivity contribution in [1.29, 1.82) is 0 Å². The SMILES string of the molecule is COc1ccc2c(c1)N(C)/C(=c1/sc3nc4ccccc4n3c1=O)S2. The van der Waals surface area contributed by atoms with E-state index in [4.69, 9.17) is 4.74 Å². The van der Waals surface area contributed by atoms with E-state index in [2.05, 4.69) is 9.88 Å². The first-order chi connectivity index (χ1) is 12.2. The van der Waals surface area contributed by atoms with Crippen molar-refractivity contribution < 1.29 is 4.74 Å². The number of benzene rings is 2. The molecule has 0 amide bonds. The molecule has 1 aliphatic rings. The van der Waals surface area contributed by atoms with Gasteiger partial charge in [0.25, 0.3) is 5.56 Å². The average Bonchev–Trinajstić information content (AvgIpc) is 3.26. The first kappa shape index (κ1) is 14.8. The number of hydrogen-bond donors (Lipinski definition) is 0. The van der Waals surface area contributed by atoms with Crippen LogP contribution in [0.25, 0.3) is 21.0 Å². The van der Waals surface area contributed by atoms with E-state index in [1.165, 1.54) is 11.3 Å². The standard InChI is InChI=1S/C18H13N3O2S2/c1-20-13-9-10(23-2)7-8-14(13)24-17(20)15-16(22)21-12-6-4-3-5-11(12)19-18(21)25-15/h3-9H,1-2H3/b17-15-. The van der Waals surface area contributed by atoms with Crippen molar-refractivity contribution in [3.05, 3.63) is 57.4 Å². The van der Waals surface area contributed by atoms with Crippen LogP contribution in [0, 0.1) is 0 Å². The second-order valence-corrected chi connectivity index (χ2v) is 7.76. The second-order valence-electron chi connectivity index (χ2n) is 5.75. The molecule has 4 aromatic rings. The van der Waals surface area contributed by atoms with Gasteiger partial charge >= 0.3 is 0 Å². The van der Waals surface area contributed by atoms with Crippen LogP contribution in [0.15, 0.2) is 52.2 Å². The van der Waals surface area contributed by atoms with Crippen LogP contribution in [0.4, 0.5) is 5.69 Å². The van der Waals surface area contributed by atoms with Crippen LogP contribution in [0.3, 0.4) is 0 Å². The number of anilines is 1. The van der Waals surface area contributed by atoms with E-state index in [0.717, 1.165) is 41.9 Å². The quantitative estimate of drug-likeness (QED) is 0.518. The van der Waals surface area contributed by atoms with Crippen molar-refractivity contribution in [3.63, 3.8) is 0 Å². The number of fused-ring (bicyclic) bond motifs is 4. The number of ether oxygens (including phenoxy) is 1. The summed E-state index contributed by atoms with van der Waals surface area (Å²) in [5.41, 5.74) is 2.75. The monoisotopic (exact) mass is 367 g/mol. The fourth-order valence-corrected chi connectivity index (χ4v) is 5.41. The van der Waals surface area contributed by atoms with Gasteiger partial charge in [-0.1, -0.05) is 35.2 Å². The van der Waals surface area contributed by atoms with E-state index in [1.54, 1.807) is 23.3 Å². The lowest BCUT2D eigenvalue weighted by atomic mass is 10.3. The maximum atomic E-state index is 13.1. The number of rotatable bonds is 1. The molecule has 0 radical (unpaired) electrons. The number of hydrogen-bond acceptors (Lipinski definition) is 6. The summed E-state index contributed by atoms with van der Waals surface area (Å²) >= 11 is 3.05. The lowest BCUT2D eigenvalue weighted by Crippen LogP contribution is -2.28. The first-order valence-electron chi connectivity index (χ1n) is 7.71. The molecule has 0 saturated carbocycles. The van der Waals surface area contributed by atoms with E-state index in [1.807, 2.05) is 49.5 Å². The van der Waals surface area contributed by atoms with Gasteiger partial charge in [0.1, 0.15) is 15.3 Å². The molecule has 124 valence electrons. The number of imidazole rings is 1. The number of thioether (sulfide) groups is 1. The van der Waals surface area contributed by atoms with Crippen molar-refractivity contribution in [2.75, 3.05) is 19.1 Å². The summed E-state index contributed by atoms with van der Waals surface area (Å²) in [5, 5.41) is 0.938. The number of aromatic nitrogens is 2. The largest absolute Gasteiger partial charge is 0.497 e. The van der Waals surface area contributed by atoms with Gasteiger partial charge in [-0.05, 0) is 24.3 Å². The minimum absolute atomic E-state index is 0.0113. The summed E-state index contributed by atoms with van der Waals surface area (Å²) < 4.78 is 7.74. The molecule has 5 rings (SSSR count). The summed E-state index contributed by atoms with van der Waals surface area (Å²) in [5.74, 6) is 0.807. The Morgan fingerprint density at radius 1 is 1.16 bits per heavy atom. The predicted octanol–water partition coefficient (Wildman–Crippen LogP) is 2.94. The van der Waals surface area contributed by atoms with Gasteiger partial charge in [-0.15, -0.1) is 0 Å². The van der Waals surface area contributed by atoms with Crippen molar-refractivity contribution in [3.8, 4) is 5.75 Å². The van der Waals surface area contributed by atoms with Gasteiger partial charge in [0, 0.05) is 18.0 Å². The maximum absolute atomic E-state index is 13.1. The molecule has 5 nitrogen and oxygen atoms in total. The topological polar surface area (TPSA) is 46.8 Å². The molecule has 2 aromatic heterocycles. The molecule has 7 heteroatoms. The van der Waals surface area contributed by atoms with Gasteiger partial charge in [-0.2, -0.15) is 0 Å². The Balaban J connectivity index is 1.78. The normalized spacial score (nSPS) is 16.0. The van der Waals surface area contributed by atoms with Crippen molar-refractivity contribution in [1.82, 2.24) is 9.38 Å². The second kappa shape index (κ2) is 5.24. The van der Waals surface area contributed by atoms with Crippen LogP contribution in [0.1, 0.15) is 0 Å². The smallest absolute Gasteiger partial charge is 0.277 e. The summed E-state index contributed by atoms with van der Waals surface area (Å²) in [6.45, 7) is 0. The Labute approximate surface area is 151 Å². The Morgan fingerprint density at radius 2 is 2.00 bits per heavy atom. The fourth-order valence-electron chi connectivity index (χ4n) is 3.09. The molecule has 25 heavy (non-hydrogen) atoms. The van der Waals surface area contributed by atoms with Crippen LogP contribution >= 0.6 is 23.1 Å². The Hall–Kier alpha value is -2.51. The van der Waals surface area contributed by atoms with Crippen LogP contribution in [0.2, 0.25) is 0 Å². The van der Waals surface area contributed by atoms with E-state index < -0.39 is 0 Å². The first-order valence-corrected chi connectivity index (χ1v) is 9.34. The maximum Gasteiger partial charge on any atom is 0.277 e. The van der Waals surface area contributed by atoms with Gasteiger partial charge in [0.2, 0.25) is 0 Å². The minimum atomic E-state index is -0.0113. The predicted molar refractivity (Wildman–Crippen MR) is 103 cm³/mol. The lowest BCUT2D eigenvalue weighted by Gasteiger charge is -2.13. The zero-order valence-electron chi connectivity index (χ0n) is 13.5. The van der Waals surface area contributed by atoms with Crippen molar-refractivity contribution in [2.45, 2.75) is 4.90 Å². The van der Waals surface area contributed by atoms with Crippen LogP contribution in [-0.2, 0) is 0 Å². The van der Waals surface area contributed by atoms with Crippen LogP contribution in [0.5, 0.6) is 5.75 Å². The molecule has 2 aromatic carbocycles. The Kier molecular flexibility index (Phi) is 3.10. The number of thiazole rings is 1. The van der Waals surface area contributed by atoms with Crippen molar-refractivity contribution >= 4 is 49.8 Å². The van der Waals surface area contributed by atoms with E-state index >= 15 is 0 Å². The fraction of sp³-hybridized carbons (Fsp3) is 0.111. The lowest BCUT2D eigenvalue weighted by molar-refractivity contribution is 0.414. The van der Waals surface area contributed by atoms with Gasteiger partial charge < -0.3 is 9.64 Å². The van der Waals surface area contributed by atoms with Gasteiger partial charge in [-0.3, -0.25) is 4.79 Å². The minimum Gasteiger partial charge on any atom is -0.497 e. The highest BCUT2D eigenvalue weighted by Gasteiger charge is 2.25. The molecule has 0 saturated heterocycles. The number of para-hydroxylation sites is 2. The molecule has 3 heterocycles. The summed E-state index contributed by atoms with van der Waals surface area (Å²) in [7, 11) is 3.64. The third-order valence-corrected chi connectivity index (χ3v) is 6.75. The molecular weight excluding hydrogens is 354 g/mol. The molecule has 0 atom stereocenters. The van der Waals surface area contributed by atoms with E-state index in [9.17, 15) is 4.79 Å². The Bertz CT molecular complexity index is 1260. The zero-order chi connectivity index (χ0) is 17.1. The summed E-state index contributed by atoms with van der Waals surface area (Å²) in [6, 6.07) is 13.7. The third-order valence-electron chi connectivity index (χ3n) is 4.35. The molecule has 0 aliphatic carbocycles. The Morgan fingerprint density at radius 3 is 2.84 bits per heavy atom. The molecule has 1 aliphatic heterocycles. The highest BCUT2D eigenvalue weighted by molar-refractivity contribution is 8.08. The molecule has 0 bridgehead atoms. The van der Waals surface area contributed by atoms with Gasteiger partial charge in [0.15, 0.2) is 4.96 Å². The van der Waals surface area contributed by atoms with Gasteiger partial charge in [0.05, 0.1) is 23.8 Å². The number of methoxy groups -OCH3 is 1. The highest BCUT2D eigenvalue weighted by Crippen LogP contribution is 2.46. The molecule has 0 N–H and O–H groups in total.